The van der Waals surface area contributed by atoms with Crippen LogP contribution in [0.5, 0.6) is 0 Å². The van der Waals surface area contributed by atoms with Gasteiger partial charge in [-0.2, -0.15) is 0 Å². The molecule has 0 bridgehead atoms. The third-order valence-electron chi connectivity index (χ3n) is 12.4. The molecule has 12 rings (SSSR count). The molecule has 0 N–H and O–H groups in total. The van der Waals surface area contributed by atoms with Crippen LogP contribution < -0.4 is 10.4 Å². The van der Waals surface area contributed by atoms with Crippen molar-refractivity contribution in [2.24, 2.45) is 0 Å². The van der Waals surface area contributed by atoms with Crippen molar-refractivity contribution in [3.63, 3.8) is 0 Å². The molecule has 0 radical (unpaired) electrons. The van der Waals surface area contributed by atoms with Gasteiger partial charge in [0.25, 0.3) is 0 Å². The molecule has 2 heteroatoms. The van der Waals surface area contributed by atoms with E-state index in [1.54, 1.807) is 0 Å². The van der Waals surface area contributed by atoms with Gasteiger partial charge < -0.3 is 0 Å². The number of nitrogens with zero attached hydrogens (tertiary/aromatic N) is 2. The van der Waals surface area contributed by atoms with E-state index in [2.05, 4.69) is 211 Å². The average Bonchev–Trinajstić information content (AvgIpc) is 3.70. The molecule has 0 amide bonds. The highest BCUT2D eigenvalue weighted by molar-refractivity contribution is 6.13. The topological polar surface area (TPSA) is 17.8 Å². The summed E-state index contributed by atoms with van der Waals surface area (Å²) in [7, 11) is 0. The molecule has 1 aliphatic carbocycles. The first-order valence-electron chi connectivity index (χ1n) is 20.6. The van der Waals surface area contributed by atoms with Gasteiger partial charge in [-0.25, -0.2) is 4.98 Å². The molecule has 1 heterocycles. The zero-order valence-electron chi connectivity index (χ0n) is 32.4. The maximum absolute atomic E-state index is 5.28. The Balaban J connectivity index is 1.15. The van der Waals surface area contributed by atoms with E-state index in [4.69, 9.17) is 4.98 Å². The molecule has 1 aromatic heterocycles. The lowest BCUT2D eigenvalue weighted by Crippen LogP contribution is -2.31. The molecule has 276 valence electrons. The van der Waals surface area contributed by atoms with Crippen molar-refractivity contribution in [1.82, 2.24) is 9.55 Å². The molecule has 1 aliphatic rings. The fraction of sp³-hybridized carbons (Fsp3) is 0.0351. The second kappa shape index (κ2) is 13.5. The smallest absolute Gasteiger partial charge is 0.146 e. The number of aromatic nitrogens is 2. The SMILES string of the molecule is C1=c2c(-c3ccc4ccccc4c3)c3cc(-c4ccc(-c5nc6ccccc6n5-c5ccccc5)c5ccccc45)ccc3c(-c3cccc4ccccc34)c2=CCC1. The van der Waals surface area contributed by atoms with Crippen molar-refractivity contribution < 1.29 is 0 Å². The van der Waals surface area contributed by atoms with Crippen LogP contribution in [0.3, 0.4) is 0 Å². The van der Waals surface area contributed by atoms with Crippen molar-refractivity contribution >= 4 is 66.3 Å². The molecule has 2 nitrogen and oxygen atoms in total. The van der Waals surface area contributed by atoms with Crippen molar-refractivity contribution in [2.75, 3.05) is 0 Å². The van der Waals surface area contributed by atoms with Gasteiger partial charge in [0.2, 0.25) is 0 Å². The van der Waals surface area contributed by atoms with Crippen LogP contribution in [0.2, 0.25) is 0 Å². The van der Waals surface area contributed by atoms with Gasteiger partial charge >= 0.3 is 0 Å². The minimum atomic E-state index is 0.940. The third kappa shape index (κ3) is 5.37. The van der Waals surface area contributed by atoms with E-state index in [0.29, 0.717) is 0 Å². The van der Waals surface area contributed by atoms with Crippen molar-refractivity contribution in [2.45, 2.75) is 12.8 Å². The minimum Gasteiger partial charge on any atom is -0.292 e. The van der Waals surface area contributed by atoms with Gasteiger partial charge in [-0.05, 0) is 142 Å². The molecule has 0 saturated carbocycles. The molecule has 0 aliphatic heterocycles. The van der Waals surface area contributed by atoms with Crippen molar-refractivity contribution in [3.8, 4) is 50.5 Å². The Morgan fingerprint density at radius 2 is 1.02 bits per heavy atom. The van der Waals surface area contributed by atoms with Gasteiger partial charge in [-0.15, -0.1) is 0 Å². The van der Waals surface area contributed by atoms with Gasteiger partial charge in [-0.3, -0.25) is 4.57 Å². The summed E-state index contributed by atoms with van der Waals surface area (Å²) < 4.78 is 2.30. The molecule has 0 atom stereocenters. The summed E-state index contributed by atoms with van der Waals surface area (Å²) in [5.74, 6) is 0.940. The summed E-state index contributed by atoms with van der Waals surface area (Å²) in [6.07, 6.45) is 7.03. The second-order valence-electron chi connectivity index (χ2n) is 15.7. The Bertz CT molecular complexity index is 3610. The standard InChI is InChI=1S/C57H38N2/c1-2-19-42(20-3-1)59-54-28-13-12-27-53(54)58-57(59)51-34-33-44(45-22-8-9-23-46(45)51)40-31-32-50-52(36-40)55(41-30-29-37-15-4-5-17-39(37)35-41)48-24-10-11-25-49(48)56(50)47-26-14-18-38-16-6-7-21-43(38)47/h1-9,12-36H,10-11H2. The predicted octanol–water partition coefficient (Wildman–Crippen LogP) is 13.7. The second-order valence-corrected chi connectivity index (χ2v) is 15.7. The number of hydrogen-bond donors (Lipinski definition) is 0. The summed E-state index contributed by atoms with van der Waals surface area (Å²) in [6.45, 7) is 0. The van der Waals surface area contributed by atoms with E-state index < -0.39 is 0 Å². The molecule has 0 fully saturated rings. The van der Waals surface area contributed by atoms with Gasteiger partial charge in [0.1, 0.15) is 5.82 Å². The number of benzene rings is 10. The van der Waals surface area contributed by atoms with E-state index in [9.17, 15) is 0 Å². The Morgan fingerprint density at radius 1 is 0.373 bits per heavy atom. The van der Waals surface area contributed by atoms with Crippen LogP contribution in [0.4, 0.5) is 0 Å². The number of imidazole rings is 1. The highest BCUT2D eigenvalue weighted by atomic mass is 15.1. The van der Waals surface area contributed by atoms with Crippen LogP contribution in [0.1, 0.15) is 12.8 Å². The Kier molecular flexibility index (Phi) is 7.71. The highest BCUT2D eigenvalue weighted by Crippen LogP contribution is 2.41. The molecule has 10 aromatic carbocycles. The van der Waals surface area contributed by atoms with E-state index >= 15 is 0 Å². The van der Waals surface area contributed by atoms with Crippen LogP contribution in [0, 0.1) is 0 Å². The summed E-state index contributed by atoms with van der Waals surface area (Å²) >= 11 is 0. The maximum Gasteiger partial charge on any atom is 0.146 e. The first-order valence-corrected chi connectivity index (χ1v) is 20.6. The van der Waals surface area contributed by atoms with Crippen LogP contribution >= 0.6 is 0 Å². The van der Waals surface area contributed by atoms with E-state index in [1.165, 1.54) is 86.9 Å². The predicted molar refractivity (Wildman–Crippen MR) is 250 cm³/mol. The first-order chi connectivity index (χ1) is 29.3. The zero-order valence-corrected chi connectivity index (χ0v) is 32.4. The van der Waals surface area contributed by atoms with Crippen LogP contribution in [-0.4, -0.2) is 9.55 Å². The van der Waals surface area contributed by atoms with Gasteiger partial charge in [0.15, 0.2) is 0 Å². The largest absolute Gasteiger partial charge is 0.292 e. The van der Waals surface area contributed by atoms with Crippen molar-refractivity contribution in [3.05, 3.63) is 205 Å². The number of rotatable bonds is 5. The minimum absolute atomic E-state index is 0.940. The van der Waals surface area contributed by atoms with Crippen LogP contribution in [-0.2, 0) is 0 Å². The van der Waals surface area contributed by atoms with E-state index in [1.807, 2.05) is 0 Å². The molecule has 0 saturated heterocycles. The lowest BCUT2D eigenvalue weighted by molar-refractivity contribution is 1.11. The lowest BCUT2D eigenvalue weighted by Gasteiger charge is -2.20. The first kappa shape index (κ1) is 33.6. The van der Waals surface area contributed by atoms with Gasteiger partial charge in [-0.1, -0.05) is 164 Å². The maximum atomic E-state index is 5.28. The van der Waals surface area contributed by atoms with Gasteiger partial charge in [0.05, 0.1) is 11.0 Å². The number of para-hydroxylation sites is 3. The molecule has 11 aromatic rings. The summed E-state index contributed by atoms with van der Waals surface area (Å²) in [5.41, 5.74) is 11.8. The molecular weight excluding hydrogens is 713 g/mol. The third-order valence-corrected chi connectivity index (χ3v) is 12.4. The summed E-state index contributed by atoms with van der Waals surface area (Å²) in [6, 6.07) is 71.0. The summed E-state index contributed by atoms with van der Waals surface area (Å²) in [5, 5.41) is 12.6. The van der Waals surface area contributed by atoms with Crippen LogP contribution in [0.25, 0.3) is 117 Å². The highest BCUT2D eigenvalue weighted by Gasteiger charge is 2.21. The lowest BCUT2D eigenvalue weighted by atomic mass is 9.83. The fourth-order valence-corrected chi connectivity index (χ4v) is 9.76. The molecular formula is C57H38N2. The zero-order chi connectivity index (χ0) is 38.9. The van der Waals surface area contributed by atoms with Crippen LogP contribution in [0.15, 0.2) is 194 Å². The molecule has 0 unspecified atom stereocenters. The van der Waals surface area contributed by atoms with E-state index in [0.717, 1.165) is 41.0 Å². The monoisotopic (exact) mass is 750 g/mol. The fourth-order valence-electron chi connectivity index (χ4n) is 9.76. The van der Waals surface area contributed by atoms with Crippen molar-refractivity contribution in [1.29, 1.82) is 0 Å². The quantitative estimate of drug-likeness (QED) is 0.171. The molecule has 0 spiro atoms. The Labute approximate surface area is 342 Å². The number of fused-ring (bicyclic) bond motifs is 6. The normalized spacial score (nSPS) is 12.5. The summed E-state index contributed by atoms with van der Waals surface area (Å²) in [4.78, 5) is 5.28. The Hall–Kier alpha value is -7.55. The van der Waals surface area contributed by atoms with Gasteiger partial charge in [0, 0.05) is 11.3 Å². The van der Waals surface area contributed by atoms with E-state index in [-0.39, 0.29) is 0 Å². The average molecular weight is 751 g/mol. The number of hydrogen-bond acceptors (Lipinski definition) is 1. The Morgan fingerprint density at radius 3 is 1.86 bits per heavy atom. The molecule has 59 heavy (non-hydrogen) atoms.